The quantitative estimate of drug-likeness (QED) is 0.747. The van der Waals surface area contributed by atoms with Gasteiger partial charge in [-0.25, -0.2) is 0 Å². The molecule has 1 fully saturated rings. The highest BCUT2D eigenvalue weighted by atomic mass is 16.5. The van der Waals surface area contributed by atoms with E-state index in [-0.39, 0.29) is 17.5 Å². The van der Waals surface area contributed by atoms with Gasteiger partial charge in [0.1, 0.15) is 6.10 Å². The number of hydrogen-bond donors (Lipinski definition) is 0. The van der Waals surface area contributed by atoms with Gasteiger partial charge in [0, 0.05) is 24.7 Å². The summed E-state index contributed by atoms with van der Waals surface area (Å²) in [7, 11) is 0. The van der Waals surface area contributed by atoms with Crippen molar-refractivity contribution < 1.29 is 14.3 Å². The summed E-state index contributed by atoms with van der Waals surface area (Å²) in [5.41, 5.74) is 6.03. The molecule has 0 radical (unpaired) electrons. The van der Waals surface area contributed by atoms with Gasteiger partial charge in [0.25, 0.3) is 0 Å². The third kappa shape index (κ3) is 2.02. The predicted octanol–water partition coefficient (Wildman–Crippen LogP) is 3.27. The van der Waals surface area contributed by atoms with Gasteiger partial charge in [0.05, 0.1) is 12.7 Å². The van der Waals surface area contributed by atoms with E-state index in [1.807, 2.05) is 0 Å². The summed E-state index contributed by atoms with van der Waals surface area (Å²) in [5.74, 6) is 0.396. The SMILES string of the molecule is CC(=O)O[C@@H]1CCc2c(ccc3c2[C@H]2CO[C@H](C2)C3(C)C)C1. The third-order valence-electron chi connectivity index (χ3n) is 5.86. The fourth-order valence-electron chi connectivity index (χ4n) is 4.72. The van der Waals surface area contributed by atoms with Gasteiger partial charge in [-0.15, -0.1) is 0 Å². The number of fused-ring (bicyclic) bond motifs is 6. The molecule has 118 valence electrons. The normalized spacial score (nSPS) is 31.3. The Kier molecular flexibility index (Phi) is 3.12. The molecule has 3 atom stereocenters. The maximum absolute atomic E-state index is 11.2. The smallest absolute Gasteiger partial charge is 0.302 e. The van der Waals surface area contributed by atoms with Gasteiger partial charge in [-0.2, -0.15) is 0 Å². The summed E-state index contributed by atoms with van der Waals surface area (Å²) in [6, 6.07) is 4.56. The van der Waals surface area contributed by atoms with Crippen LogP contribution in [0.3, 0.4) is 0 Å². The first-order chi connectivity index (χ1) is 10.5. The van der Waals surface area contributed by atoms with Crippen LogP contribution in [0.15, 0.2) is 12.1 Å². The van der Waals surface area contributed by atoms with Crippen LogP contribution in [0.5, 0.6) is 0 Å². The van der Waals surface area contributed by atoms with Gasteiger partial charge in [-0.05, 0) is 41.5 Å². The zero-order valence-corrected chi connectivity index (χ0v) is 13.6. The molecule has 3 aliphatic rings. The van der Waals surface area contributed by atoms with Crippen molar-refractivity contribution in [3.63, 3.8) is 0 Å². The van der Waals surface area contributed by atoms with Crippen LogP contribution >= 0.6 is 0 Å². The topological polar surface area (TPSA) is 35.5 Å². The number of rotatable bonds is 1. The molecule has 1 aromatic carbocycles. The van der Waals surface area contributed by atoms with Crippen molar-refractivity contribution in [1.29, 1.82) is 0 Å². The molecule has 22 heavy (non-hydrogen) atoms. The number of benzene rings is 1. The molecule has 1 heterocycles. The fourth-order valence-corrected chi connectivity index (χ4v) is 4.72. The zero-order valence-electron chi connectivity index (χ0n) is 13.6. The molecule has 3 heteroatoms. The highest BCUT2D eigenvalue weighted by Crippen LogP contribution is 2.50. The number of carbonyl (C=O) groups excluding carboxylic acids is 1. The van der Waals surface area contributed by atoms with Crippen LogP contribution in [0.4, 0.5) is 0 Å². The lowest BCUT2D eigenvalue weighted by Crippen LogP contribution is -2.37. The molecule has 0 spiro atoms. The molecule has 0 N–H and O–H groups in total. The minimum atomic E-state index is -0.167. The van der Waals surface area contributed by atoms with E-state index in [2.05, 4.69) is 26.0 Å². The van der Waals surface area contributed by atoms with Crippen molar-refractivity contribution in [3.05, 3.63) is 34.4 Å². The van der Waals surface area contributed by atoms with Crippen LogP contribution in [0.2, 0.25) is 0 Å². The standard InChI is InChI=1S/C19H24O3/c1-11(20)22-14-5-6-15-12(8-14)4-7-16-18(15)13-9-17(21-10-13)19(16,2)3/h4,7,13-14,17H,5-6,8-10H2,1-3H3/t13-,14-,17-/m1/s1. The van der Waals surface area contributed by atoms with E-state index in [9.17, 15) is 4.79 Å². The minimum Gasteiger partial charge on any atom is -0.462 e. The first-order valence-electron chi connectivity index (χ1n) is 8.40. The van der Waals surface area contributed by atoms with E-state index in [1.54, 1.807) is 5.56 Å². The van der Waals surface area contributed by atoms with Crippen molar-refractivity contribution >= 4 is 5.97 Å². The van der Waals surface area contributed by atoms with Crippen molar-refractivity contribution in [2.24, 2.45) is 0 Å². The number of esters is 1. The fraction of sp³-hybridized carbons (Fsp3) is 0.632. The Morgan fingerprint density at radius 2 is 2.18 bits per heavy atom. The molecule has 0 amide bonds. The van der Waals surface area contributed by atoms with Crippen molar-refractivity contribution in [2.75, 3.05) is 6.61 Å². The predicted molar refractivity (Wildman–Crippen MR) is 84.1 cm³/mol. The molecule has 0 unspecified atom stereocenters. The van der Waals surface area contributed by atoms with E-state index in [1.165, 1.54) is 23.6 Å². The first-order valence-corrected chi connectivity index (χ1v) is 8.40. The van der Waals surface area contributed by atoms with Gasteiger partial charge < -0.3 is 9.47 Å². The molecular weight excluding hydrogens is 276 g/mol. The Morgan fingerprint density at radius 1 is 1.36 bits per heavy atom. The molecule has 3 nitrogen and oxygen atoms in total. The lowest BCUT2D eigenvalue weighted by molar-refractivity contribution is -0.146. The Labute approximate surface area is 132 Å². The Hall–Kier alpha value is -1.35. The number of carbonyl (C=O) groups is 1. The molecule has 2 aliphatic carbocycles. The lowest BCUT2D eigenvalue weighted by Gasteiger charge is -2.39. The molecule has 1 aliphatic heterocycles. The van der Waals surface area contributed by atoms with Gasteiger partial charge in [0.15, 0.2) is 0 Å². The second-order valence-corrected chi connectivity index (χ2v) is 7.62. The van der Waals surface area contributed by atoms with Crippen molar-refractivity contribution in [1.82, 2.24) is 0 Å². The summed E-state index contributed by atoms with van der Waals surface area (Å²) in [6.07, 6.45) is 4.39. The minimum absolute atomic E-state index is 0.0484. The van der Waals surface area contributed by atoms with Crippen LogP contribution < -0.4 is 0 Å². The van der Waals surface area contributed by atoms with Crippen LogP contribution in [-0.2, 0) is 32.5 Å². The zero-order chi connectivity index (χ0) is 15.5. The second-order valence-electron chi connectivity index (χ2n) is 7.62. The molecular formula is C19H24O3. The van der Waals surface area contributed by atoms with E-state index in [0.717, 1.165) is 32.3 Å². The van der Waals surface area contributed by atoms with Gasteiger partial charge in [0.2, 0.25) is 0 Å². The van der Waals surface area contributed by atoms with E-state index >= 15 is 0 Å². The lowest BCUT2D eigenvalue weighted by atomic mass is 9.65. The maximum atomic E-state index is 11.2. The molecule has 1 saturated heterocycles. The molecule has 1 aromatic rings. The molecule has 0 saturated carbocycles. The monoisotopic (exact) mass is 300 g/mol. The highest BCUT2D eigenvalue weighted by molar-refractivity contribution is 5.66. The van der Waals surface area contributed by atoms with Crippen LogP contribution in [0.1, 0.15) is 61.8 Å². The van der Waals surface area contributed by atoms with Crippen LogP contribution in [0.25, 0.3) is 0 Å². The van der Waals surface area contributed by atoms with Crippen LogP contribution in [0, 0.1) is 0 Å². The highest BCUT2D eigenvalue weighted by Gasteiger charge is 2.47. The number of ether oxygens (including phenoxy) is 2. The number of hydrogen-bond acceptors (Lipinski definition) is 3. The average molecular weight is 300 g/mol. The summed E-state index contributed by atoms with van der Waals surface area (Å²) >= 11 is 0. The molecule has 0 aromatic heterocycles. The molecule has 4 rings (SSSR count). The van der Waals surface area contributed by atoms with E-state index in [0.29, 0.717) is 12.0 Å². The Balaban J connectivity index is 1.75. The average Bonchev–Trinajstić information content (AvgIpc) is 2.91. The van der Waals surface area contributed by atoms with Gasteiger partial charge in [-0.3, -0.25) is 4.79 Å². The summed E-state index contributed by atoms with van der Waals surface area (Å²) < 4.78 is 11.5. The largest absolute Gasteiger partial charge is 0.462 e. The van der Waals surface area contributed by atoms with E-state index in [4.69, 9.17) is 9.47 Å². The van der Waals surface area contributed by atoms with Crippen LogP contribution in [-0.4, -0.2) is 24.8 Å². The Bertz CT molecular complexity index is 632. The van der Waals surface area contributed by atoms with Crippen molar-refractivity contribution in [2.45, 2.75) is 70.0 Å². The summed E-state index contributed by atoms with van der Waals surface area (Å²) in [4.78, 5) is 11.2. The van der Waals surface area contributed by atoms with E-state index < -0.39 is 0 Å². The van der Waals surface area contributed by atoms with Crippen molar-refractivity contribution in [3.8, 4) is 0 Å². The molecule has 2 bridgehead atoms. The summed E-state index contributed by atoms with van der Waals surface area (Å²) in [6.45, 7) is 7.00. The second kappa shape index (κ2) is 4.82. The summed E-state index contributed by atoms with van der Waals surface area (Å²) in [5, 5.41) is 0. The van der Waals surface area contributed by atoms with Gasteiger partial charge in [-0.1, -0.05) is 26.0 Å². The van der Waals surface area contributed by atoms with Gasteiger partial charge >= 0.3 is 5.97 Å². The third-order valence-corrected chi connectivity index (χ3v) is 5.86. The Morgan fingerprint density at radius 3 is 2.95 bits per heavy atom. The maximum Gasteiger partial charge on any atom is 0.302 e. The first kappa shape index (κ1) is 14.3.